The first kappa shape index (κ1) is 16.1. The van der Waals surface area contributed by atoms with Crippen LogP contribution in [-0.4, -0.2) is 60.4 Å². The smallest absolute Gasteiger partial charge is 0.138 e. The Morgan fingerprint density at radius 2 is 2.20 bits per heavy atom. The molecule has 25 heavy (non-hydrogen) atoms. The molecule has 2 saturated heterocycles. The number of ether oxygens (including phenoxy) is 2. The van der Waals surface area contributed by atoms with Gasteiger partial charge in [-0.2, -0.15) is 0 Å². The van der Waals surface area contributed by atoms with Crippen LogP contribution < -0.4 is 14.5 Å². The minimum Gasteiger partial charge on any atom is -0.489 e. The molecular formula is C18H23N5O2. The number of pyridine rings is 1. The molecule has 0 N–H and O–H groups in total. The Balaban J connectivity index is 1.39. The summed E-state index contributed by atoms with van der Waals surface area (Å²) in [5.41, 5.74) is -0.131. The number of nitrogens with zero attached hydrogens (tertiary/aromatic N) is 5. The molecular weight excluding hydrogens is 318 g/mol. The monoisotopic (exact) mass is 341 g/mol. The van der Waals surface area contributed by atoms with Crippen molar-refractivity contribution in [3.05, 3.63) is 36.9 Å². The van der Waals surface area contributed by atoms with Gasteiger partial charge in [0, 0.05) is 39.2 Å². The highest BCUT2D eigenvalue weighted by atomic mass is 16.5. The fourth-order valence-corrected chi connectivity index (χ4v) is 3.48. The van der Waals surface area contributed by atoms with E-state index in [4.69, 9.17) is 9.47 Å². The van der Waals surface area contributed by atoms with Gasteiger partial charge in [0.2, 0.25) is 0 Å². The van der Waals surface area contributed by atoms with Crippen molar-refractivity contribution in [2.45, 2.75) is 24.5 Å². The first-order chi connectivity index (χ1) is 12.1. The number of hydrogen-bond donors (Lipinski definition) is 0. The Kier molecular flexibility index (Phi) is 4.17. The van der Waals surface area contributed by atoms with Gasteiger partial charge in [-0.15, -0.1) is 0 Å². The van der Waals surface area contributed by atoms with Crippen LogP contribution in [0, 0.1) is 0 Å². The Morgan fingerprint density at radius 3 is 2.96 bits per heavy atom. The predicted molar refractivity (Wildman–Crippen MR) is 95.1 cm³/mol. The van der Waals surface area contributed by atoms with Gasteiger partial charge in [0.15, 0.2) is 0 Å². The highest BCUT2D eigenvalue weighted by Gasteiger charge is 2.48. The van der Waals surface area contributed by atoms with Crippen LogP contribution in [0.3, 0.4) is 0 Å². The third kappa shape index (κ3) is 3.37. The Hall–Kier alpha value is -2.41. The summed E-state index contributed by atoms with van der Waals surface area (Å²) in [6.07, 6.45) is 7.11. The van der Waals surface area contributed by atoms with E-state index in [0.29, 0.717) is 0 Å². The van der Waals surface area contributed by atoms with Crippen LogP contribution in [0.15, 0.2) is 36.9 Å². The SMILES string of the molecule is CN(C)c1cc(N2CC3(C[C@H](Oc4cccnc4)CCO3)C2)ncn1. The van der Waals surface area contributed by atoms with E-state index in [0.717, 1.165) is 49.9 Å². The summed E-state index contributed by atoms with van der Waals surface area (Å²) >= 11 is 0. The maximum absolute atomic E-state index is 6.11. The van der Waals surface area contributed by atoms with Crippen molar-refractivity contribution in [3.8, 4) is 5.75 Å². The van der Waals surface area contributed by atoms with Crippen molar-refractivity contribution in [1.29, 1.82) is 0 Å². The van der Waals surface area contributed by atoms with Crippen molar-refractivity contribution >= 4 is 11.6 Å². The summed E-state index contributed by atoms with van der Waals surface area (Å²) in [7, 11) is 3.96. The van der Waals surface area contributed by atoms with Gasteiger partial charge in [-0.05, 0) is 12.1 Å². The standard InChI is InChI=1S/C18H23N5O2/c1-22(2)16-8-17(21-13-20-16)23-11-18(12-23)9-14(5-7-24-18)25-15-4-3-6-19-10-15/h3-4,6,8,10,13-14H,5,7,9,11-12H2,1-2H3/t14-/m1/s1. The van der Waals surface area contributed by atoms with Gasteiger partial charge >= 0.3 is 0 Å². The van der Waals surface area contributed by atoms with Gasteiger partial charge in [-0.1, -0.05) is 0 Å². The Labute approximate surface area is 147 Å². The molecule has 132 valence electrons. The molecule has 0 radical (unpaired) electrons. The average Bonchev–Trinajstić information content (AvgIpc) is 2.61. The second kappa shape index (κ2) is 6.48. The summed E-state index contributed by atoms with van der Waals surface area (Å²) in [6.45, 7) is 2.40. The molecule has 0 unspecified atom stereocenters. The molecule has 2 fully saturated rings. The third-order valence-electron chi connectivity index (χ3n) is 4.76. The first-order valence-corrected chi connectivity index (χ1v) is 8.59. The molecule has 1 atom stereocenters. The van der Waals surface area contributed by atoms with Crippen LogP contribution in [-0.2, 0) is 4.74 Å². The van der Waals surface area contributed by atoms with Gasteiger partial charge in [0.1, 0.15) is 35.4 Å². The molecule has 7 heteroatoms. The van der Waals surface area contributed by atoms with Gasteiger partial charge in [-0.25, -0.2) is 9.97 Å². The van der Waals surface area contributed by atoms with Crippen LogP contribution in [0.4, 0.5) is 11.6 Å². The highest BCUT2D eigenvalue weighted by Crippen LogP contribution is 2.37. The third-order valence-corrected chi connectivity index (χ3v) is 4.76. The topological polar surface area (TPSA) is 63.6 Å². The molecule has 0 amide bonds. The summed E-state index contributed by atoms with van der Waals surface area (Å²) in [5, 5.41) is 0. The average molecular weight is 341 g/mol. The molecule has 0 saturated carbocycles. The molecule has 0 bridgehead atoms. The lowest BCUT2D eigenvalue weighted by Gasteiger charge is -2.53. The predicted octanol–water partition coefficient (Wildman–Crippen LogP) is 1.75. The lowest BCUT2D eigenvalue weighted by Crippen LogP contribution is -2.66. The van der Waals surface area contributed by atoms with Crippen molar-refractivity contribution in [2.24, 2.45) is 0 Å². The molecule has 7 nitrogen and oxygen atoms in total. The normalized spacial score (nSPS) is 21.7. The van der Waals surface area contributed by atoms with Gasteiger partial charge in [0.25, 0.3) is 0 Å². The Morgan fingerprint density at radius 1 is 1.32 bits per heavy atom. The minimum absolute atomic E-state index is 0.131. The van der Waals surface area contributed by atoms with E-state index in [2.05, 4.69) is 19.9 Å². The first-order valence-electron chi connectivity index (χ1n) is 8.59. The molecule has 0 aromatic carbocycles. The second-order valence-electron chi connectivity index (χ2n) is 6.94. The highest BCUT2D eigenvalue weighted by molar-refractivity contribution is 5.52. The van der Waals surface area contributed by atoms with Crippen LogP contribution in [0.2, 0.25) is 0 Å². The van der Waals surface area contributed by atoms with Crippen molar-refractivity contribution < 1.29 is 9.47 Å². The van der Waals surface area contributed by atoms with E-state index in [1.807, 2.05) is 37.2 Å². The molecule has 2 aromatic rings. The summed E-state index contributed by atoms with van der Waals surface area (Å²) < 4.78 is 12.2. The van der Waals surface area contributed by atoms with Crippen molar-refractivity contribution in [2.75, 3.05) is 43.6 Å². The quantitative estimate of drug-likeness (QED) is 0.839. The molecule has 2 aliphatic heterocycles. The van der Waals surface area contributed by atoms with Crippen molar-refractivity contribution in [1.82, 2.24) is 15.0 Å². The summed E-state index contributed by atoms with van der Waals surface area (Å²) in [6, 6.07) is 5.86. The summed E-state index contributed by atoms with van der Waals surface area (Å²) in [5.74, 6) is 2.68. The number of hydrogen-bond acceptors (Lipinski definition) is 7. The zero-order chi connectivity index (χ0) is 17.3. The number of anilines is 2. The van der Waals surface area contributed by atoms with Crippen LogP contribution in [0.25, 0.3) is 0 Å². The maximum Gasteiger partial charge on any atom is 0.138 e. The largest absolute Gasteiger partial charge is 0.489 e. The number of rotatable bonds is 4. The molecule has 4 rings (SSSR count). The van der Waals surface area contributed by atoms with Crippen LogP contribution in [0.5, 0.6) is 5.75 Å². The Bertz CT molecular complexity index is 718. The van der Waals surface area contributed by atoms with E-state index in [-0.39, 0.29) is 11.7 Å². The van der Waals surface area contributed by atoms with Gasteiger partial charge in [0.05, 0.1) is 25.9 Å². The molecule has 1 spiro atoms. The molecule has 4 heterocycles. The molecule has 2 aromatic heterocycles. The zero-order valence-corrected chi connectivity index (χ0v) is 14.6. The minimum atomic E-state index is -0.131. The number of aromatic nitrogens is 3. The zero-order valence-electron chi connectivity index (χ0n) is 14.6. The maximum atomic E-state index is 6.11. The molecule has 2 aliphatic rings. The second-order valence-corrected chi connectivity index (χ2v) is 6.94. The summed E-state index contributed by atoms with van der Waals surface area (Å²) in [4.78, 5) is 17.0. The van der Waals surface area contributed by atoms with Crippen molar-refractivity contribution in [3.63, 3.8) is 0 Å². The van der Waals surface area contributed by atoms with E-state index >= 15 is 0 Å². The van der Waals surface area contributed by atoms with E-state index in [9.17, 15) is 0 Å². The van der Waals surface area contributed by atoms with E-state index in [1.54, 1.807) is 18.7 Å². The molecule has 0 aliphatic carbocycles. The van der Waals surface area contributed by atoms with E-state index < -0.39 is 0 Å². The van der Waals surface area contributed by atoms with Gasteiger partial charge in [-0.3, -0.25) is 4.98 Å². The van der Waals surface area contributed by atoms with Crippen LogP contribution >= 0.6 is 0 Å². The lowest BCUT2D eigenvalue weighted by molar-refractivity contribution is -0.126. The lowest BCUT2D eigenvalue weighted by atomic mass is 9.84. The van der Waals surface area contributed by atoms with E-state index in [1.165, 1.54) is 0 Å². The van der Waals surface area contributed by atoms with Gasteiger partial charge < -0.3 is 19.3 Å². The fraction of sp³-hybridized carbons (Fsp3) is 0.500. The van der Waals surface area contributed by atoms with Crippen LogP contribution in [0.1, 0.15) is 12.8 Å². The fourth-order valence-electron chi connectivity index (χ4n) is 3.48.